The van der Waals surface area contributed by atoms with Crippen molar-refractivity contribution in [3.05, 3.63) is 24.3 Å². The fraction of sp³-hybridized carbons (Fsp3) is 0.632. The van der Waals surface area contributed by atoms with Crippen LogP contribution < -0.4 is 15.0 Å². The van der Waals surface area contributed by atoms with E-state index >= 15 is 0 Å². The number of halogens is 1. The van der Waals surface area contributed by atoms with Gasteiger partial charge in [0.1, 0.15) is 5.75 Å². The van der Waals surface area contributed by atoms with Gasteiger partial charge in [-0.3, -0.25) is 4.99 Å². The van der Waals surface area contributed by atoms with E-state index in [4.69, 9.17) is 9.47 Å². The predicted molar refractivity (Wildman–Crippen MR) is 119 cm³/mol. The highest BCUT2D eigenvalue weighted by molar-refractivity contribution is 14.0. The number of para-hydroxylation sites is 2. The van der Waals surface area contributed by atoms with E-state index in [2.05, 4.69) is 39.2 Å². The third-order valence-electron chi connectivity index (χ3n) is 4.39. The average molecular weight is 476 g/mol. The lowest BCUT2D eigenvalue weighted by molar-refractivity contribution is 0.135. The zero-order valence-corrected chi connectivity index (χ0v) is 18.6. The molecule has 0 aromatic heterocycles. The number of unbranched alkanes of at least 4 members (excludes halogenated alkanes) is 1. The van der Waals surface area contributed by atoms with Crippen molar-refractivity contribution in [3.63, 3.8) is 0 Å². The normalized spacial score (nSPS) is 14.8. The SMILES string of the molecule is CCCCOCCNC(=NC)N1CCN(c2ccccc2OC)CC1.I. The summed E-state index contributed by atoms with van der Waals surface area (Å²) in [6, 6.07) is 8.20. The van der Waals surface area contributed by atoms with Gasteiger partial charge >= 0.3 is 0 Å². The van der Waals surface area contributed by atoms with Gasteiger partial charge < -0.3 is 24.6 Å². The first-order chi connectivity index (χ1) is 12.3. The molecule has 0 aliphatic carbocycles. The summed E-state index contributed by atoms with van der Waals surface area (Å²) >= 11 is 0. The van der Waals surface area contributed by atoms with Gasteiger partial charge in [0, 0.05) is 46.4 Å². The molecule has 6 nitrogen and oxygen atoms in total. The molecular formula is C19H33IN4O2. The number of methoxy groups -OCH3 is 1. The van der Waals surface area contributed by atoms with E-state index < -0.39 is 0 Å². The van der Waals surface area contributed by atoms with Crippen LogP contribution in [0.3, 0.4) is 0 Å². The van der Waals surface area contributed by atoms with Gasteiger partial charge in [-0.05, 0) is 18.6 Å². The molecule has 0 spiro atoms. The van der Waals surface area contributed by atoms with Gasteiger partial charge in [0.25, 0.3) is 0 Å². The first kappa shape index (κ1) is 22.8. The second-order valence-electron chi connectivity index (χ2n) is 6.09. The predicted octanol–water partition coefficient (Wildman–Crippen LogP) is 2.83. The molecule has 1 aromatic rings. The maximum atomic E-state index is 5.60. The Balaban J connectivity index is 0.00000338. The van der Waals surface area contributed by atoms with Gasteiger partial charge in [0.05, 0.1) is 19.4 Å². The smallest absolute Gasteiger partial charge is 0.193 e. The van der Waals surface area contributed by atoms with Gasteiger partial charge in [0.15, 0.2) is 5.96 Å². The lowest BCUT2D eigenvalue weighted by Crippen LogP contribution is -2.53. The summed E-state index contributed by atoms with van der Waals surface area (Å²) in [7, 11) is 3.57. The van der Waals surface area contributed by atoms with Crippen molar-refractivity contribution >= 4 is 35.6 Å². The van der Waals surface area contributed by atoms with E-state index in [0.29, 0.717) is 0 Å². The van der Waals surface area contributed by atoms with Crippen LogP contribution in [0, 0.1) is 0 Å². The Morgan fingerprint density at radius 2 is 1.88 bits per heavy atom. The Bertz CT molecular complexity index is 534. The van der Waals surface area contributed by atoms with E-state index in [1.54, 1.807) is 7.11 Å². The van der Waals surface area contributed by atoms with Crippen molar-refractivity contribution in [2.75, 3.05) is 65.0 Å². The number of benzene rings is 1. The number of aliphatic imine (C=N–C) groups is 1. The van der Waals surface area contributed by atoms with Crippen LogP contribution in [-0.4, -0.2) is 71.0 Å². The number of hydrogen-bond donors (Lipinski definition) is 1. The number of nitrogens with one attached hydrogen (secondary N) is 1. The summed E-state index contributed by atoms with van der Waals surface area (Å²) in [6.45, 7) is 8.32. The fourth-order valence-corrected chi connectivity index (χ4v) is 2.97. The van der Waals surface area contributed by atoms with Crippen molar-refractivity contribution < 1.29 is 9.47 Å². The minimum Gasteiger partial charge on any atom is -0.495 e. The molecule has 1 N–H and O–H groups in total. The molecule has 0 saturated carbocycles. The number of guanidine groups is 1. The highest BCUT2D eigenvalue weighted by Crippen LogP contribution is 2.28. The third-order valence-corrected chi connectivity index (χ3v) is 4.39. The second kappa shape index (κ2) is 13.0. The number of anilines is 1. The maximum Gasteiger partial charge on any atom is 0.193 e. The molecule has 148 valence electrons. The largest absolute Gasteiger partial charge is 0.495 e. The van der Waals surface area contributed by atoms with Crippen molar-refractivity contribution in [2.45, 2.75) is 19.8 Å². The van der Waals surface area contributed by atoms with Crippen LogP contribution in [-0.2, 0) is 4.74 Å². The molecule has 1 aromatic carbocycles. The van der Waals surface area contributed by atoms with E-state index in [1.165, 1.54) is 6.42 Å². The second-order valence-corrected chi connectivity index (χ2v) is 6.09. The Morgan fingerprint density at radius 3 is 2.54 bits per heavy atom. The fourth-order valence-electron chi connectivity index (χ4n) is 2.97. The van der Waals surface area contributed by atoms with Crippen LogP contribution in [0.5, 0.6) is 5.75 Å². The zero-order chi connectivity index (χ0) is 17.9. The van der Waals surface area contributed by atoms with E-state index in [1.807, 2.05) is 19.2 Å². The number of ether oxygens (including phenoxy) is 2. The van der Waals surface area contributed by atoms with Crippen molar-refractivity contribution in [1.82, 2.24) is 10.2 Å². The van der Waals surface area contributed by atoms with Crippen LogP contribution in [0.2, 0.25) is 0 Å². The van der Waals surface area contributed by atoms with E-state index in [-0.39, 0.29) is 24.0 Å². The van der Waals surface area contributed by atoms with Crippen LogP contribution in [0.25, 0.3) is 0 Å². The molecule has 0 atom stereocenters. The quantitative estimate of drug-likeness (QED) is 0.271. The number of nitrogens with zero attached hydrogens (tertiary/aromatic N) is 3. The van der Waals surface area contributed by atoms with Crippen molar-refractivity contribution in [1.29, 1.82) is 0 Å². The van der Waals surface area contributed by atoms with Crippen molar-refractivity contribution in [3.8, 4) is 5.75 Å². The Kier molecular flexibility index (Phi) is 11.4. The summed E-state index contributed by atoms with van der Waals surface area (Å²) in [5.41, 5.74) is 1.16. The first-order valence-corrected chi connectivity index (χ1v) is 9.21. The standard InChI is InChI=1S/C19H32N4O2.HI/c1-4-5-15-25-16-10-21-19(20-2)23-13-11-22(12-14-23)17-8-6-7-9-18(17)24-3;/h6-9H,4-5,10-16H2,1-3H3,(H,20,21);1H. The molecule has 0 unspecified atom stereocenters. The zero-order valence-electron chi connectivity index (χ0n) is 16.2. The van der Waals surface area contributed by atoms with Gasteiger partial charge in [0.2, 0.25) is 0 Å². The number of hydrogen-bond acceptors (Lipinski definition) is 4. The molecule has 0 radical (unpaired) electrons. The molecule has 7 heteroatoms. The molecular weight excluding hydrogens is 443 g/mol. The van der Waals surface area contributed by atoms with Crippen molar-refractivity contribution in [2.24, 2.45) is 4.99 Å². The average Bonchev–Trinajstić information content (AvgIpc) is 2.68. The molecule has 0 bridgehead atoms. The maximum absolute atomic E-state index is 5.60. The highest BCUT2D eigenvalue weighted by atomic mass is 127. The molecule has 1 fully saturated rings. The van der Waals surface area contributed by atoms with Crippen LogP contribution >= 0.6 is 24.0 Å². The summed E-state index contributed by atoms with van der Waals surface area (Å²) in [4.78, 5) is 9.08. The minimum atomic E-state index is 0. The molecule has 1 saturated heterocycles. The van der Waals surface area contributed by atoms with Crippen LogP contribution in [0.1, 0.15) is 19.8 Å². The number of rotatable bonds is 8. The van der Waals surface area contributed by atoms with Gasteiger partial charge in [-0.15, -0.1) is 24.0 Å². The monoisotopic (exact) mass is 476 g/mol. The summed E-state index contributed by atoms with van der Waals surface area (Å²) in [5, 5.41) is 3.40. The lowest BCUT2D eigenvalue weighted by Gasteiger charge is -2.38. The molecule has 26 heavy (non-hydrogen) atoms. The van der Waals surface area contributed by atoms with Gasteiger partial charge in [-0.1, -0.05) is 25.5 Å². The molecule has 1 aliphatic heterocycles. The molecule has 2 rings (SSSR count). The molecule has 1 aliphatic rings. The highest BCUT2D eigenvalue weighted by Gasteiger charge is 2.21. The first-order valence-electron chi connectivity index (χ1n) is 9.21. The molecule has 0 amide bonds. The summed E-state index contributed by atoms with van der Waals surface area (Å²) in [6.07, 6.45) is 2.30. The van der Waals surface area contributed by atoms with E-state index in [0.717, 1.165) is 69.8 Å². The summed E-state index contributed by atoms with van der Waals surface area (Å²) < 4.78 is 11.1. The topological polar surface area (TPSA) is 49.3 Å². The van der Waals surface area contributed by atoms with Gasteiger partial charge in [-0.2, -0.15) is 0 Å². The third kappa shape index (κ3) is 6.83. The Labute approximate surface area is 175 Å². The van der Waals surface area contributed by atoms with Gasteiger partial charge in [-0.25, -0.2) is 0 Å². The minimum absolute atomic E-state index is 0. The Morgan fingerprint density at radius 1 is 1.15 bits per heavy atom. The molecule has 1 heterocycles. The van der Waals surface area contributed by atoms with Crippen LogP contribution in [0.4, 0.5) is 5.69 Å². The summed E-state index contributed by atoms with van der Waals surface area (Å²) in [5.74, 6) is 1.89. The lowest BCUT2D eigenvalue weighted by atomic mass is 10.2. The van der Waals surface area contributed by atoms with Crippen LogP contribution in [0.15, 0.2) is 29.3 Å². The number of piperazine rings is 1. The Hall–Kier alpha value is -1.22. The van der Waals surface area contributed by atoms with E-state index in [9.17, 15) is 0 Å².